The van der Waals surface area contributed by atoms with Crippen LogP contribution in [0.25, 0.3) is 0 Å². The van der Waals surface area contributed by atoms with Crippen LogP contribution in [0.1, 0.15) is 86.5 Å². The molecule has 3 atom stereocenters. The highest BCUT2D eigenvalue weighted by atomic mass is 32.1. The largest absolute Gasteiger partial charge is 0.511 e. The van der Waals surface area contributed by atoms with Gasteiger partial charge >= 0.3 is 0 Å². The van der Waals surface area contributed by atoms with Gasteiger partial charge in [0.1, 0.15) is 34.5 Å². The normalized spacial score (nSPS) is 27.3. The van der Waals surface area contributed by atoms with Crippen LogP contribution in [0.2, 0.25) is 0 Å². The van der Waals surface area contributed by atoms with E-state index in [4.69, 9.17) is 20.4 Å². The first kappa shape index (κ1) is 28.6. The number of likely N-dealkylation sites (tertiary alicyclic amines) is 1. The number of hydrogen-bond donors (Lipinski definition) is 4. The topological polar surface area (TPSA) is 147 Å². The molecule has 0 amide bonds. The second kappa shape index (κ2) is 10.8. The smallest absolute Gasteiger partial charge is 0.219 e. The van der Waals surface area contributed by atoms with Crippen LogP contribution in [0.15, 0.2) is 17.4 Å². The van der Waals surface area contributed by atoms with E-state index in [1.54, 1.807) is 0 Å². The molecule has 3 fully saturated rings. The molecule has 2 aliphatic heterocycles. The van der Waals surface area contributed by atoms with Gasteiger partial charge in [0, 0.05) is 47.7 Å². The molecule has 2 spiro atoms. The Labute approximate surface area is 257 Å². The number of anilines is 2. The van der Waals surface area contributed by atoms with Crippen LogP contribution in [-0.4, -0.2) is 76.6 Å². The molecule has 2 aromatic rings. The number of hydrogen-bond acceptors (Lipinski definition) is 11. The van der Waals surface area contributed by atoms with Crippen LogP contribution in [0.4, 0.5) is 10.8 Å². The Morgan fingerprint density at radius 1 is 1.23 bits per heavy atom. The number of likely N-dealkylation sites (N-methyl/N-ethyl adjacent to an activating group) is 1. The second-order valence-corrected chi connectivity index (χ2v) is 14.4. The van der Waals surface area contributed by atoms with Crippen molar-refractivity contribution in [1.29, 1.82) is 10.7 Å². The molecule has 10 nitrogen and oxygen atoms in total. The van der Waals surface area contributed by atoms with Crippen LogP contribution in [-0.2, 0) is 11.8 Å². The predicted octanol–water partition coefficient (Wildman–Crippen LogP) is 4.43. The average Bonchev–Trinajstić information content (AvgIpc) is 3.43. The van der Waals surface area contributed by atoms with Crippen molar-refractivity contribution in [2.75, 3.05) is 43.9 Å². The Morgan fingerprint density at radius 2 is 2.02 bits per heavy atom. The van der Waals surface area contributed by atoms with Gasteiger partial charge in [-0.25, -0.2) is 4.98 Å². The fourth-order valence-corrected chi connectivity index (χ4v) is 9.27. The minimum atomic E-state index is -0.692. The lowest BCUT2D eigenvalue weighted by Crippen LogP contribution is -2.52. The van der Waals surface area contributed by atoms with E-state index in [1.165, 1.54) is 11.3 Å². The van der Waals surface area contributed by atoms with Crippen molar-refractivity contribution in [3.63, 3.8) is 0 Å². The monoisotopic (exact) mass is 602 g/mol. The van der Waals surface area contributed by atoms with Gasteiger partial charge < -0.3 is 25.8 Å². The molecule has 7 rings (SSSR count). The summed E-state index contributed by atoms with van der Waals surface area (Å²) in [6.45, 7) is 5.74. The Morgan fingerprint density at radius 3 is 2.74 bits per heavy atom. The van der Waals surface area contributed by atoms with Crippen molar-refractivity contribution in [2.45, 2.75) is 94.2 Å². The third-order valence-corrected chi connectivity index (χ3v) is 11.6. The molecule has 2 saturated heterocycles. The van der Waals surface area contributed by atoms with E-state index in [1.807, 2.05) is 6.07 Å². The standard InChI is InChI=1S/C32H42N8O2S/c1-19(22-7-5-14-39(22)2)42-25-16-24(40-15-13-36-31(18-40)11-12-31)37-30(38-25)27(34)20-6-3-9-32(28(20)41)10-4-8-23-26(32)21(17-33)29(35)43-23/h16,19,22,34,36,41H,3-15,18,35H2,1-2H3/t19-,22-,32-/m0/s1. The number of aromatic nitrogens is 2. The van der Waals surface area contributed by atoms with Crippen LogP contribution < -0.4 is 20.7 Å². The van der Waals surface area contributed by atoms with E-state index in [0.29, 0.717) is 34.5 Å². The molecule has 5 aliphatic rings. The number of nitriles is 1. The molecule has 0 unspecified atom stereocenters. The van der Waals surface area contributed by atoms with Gasteiger partial charge in [0.2, 0.25) is 5.88 Å². The van der Waals surface area contributed by atoms with Gasteiger partial charge in [0.05, 0.1) is 11.0 Å². The molecule has 11 heteroatoms. The van der Waals surface area contributed by atoms with Gasteiger partial charge in [0.25, 0.3) is 0 Å². The maximum Gasteiger partial charge on any atom is 0.219 e. The number of rotatable bonds is 6. The van der Waals surface area contributed by atoms with Gasteiger partial charge in [-0.15, -0.1) is 11.3 Å². The van der Waals surface area contributed by atoms with Gasteiger partial charge in [-0.1, -0.05) is 0 Å². The second-order valence-electron chi connectivity index (χ2n) is 13.3. The van der Waals surface area contributed by atoms with Crippen LogP contribution >= 0.6 is 11.3 Å². The number of allylic oxidation sites excluding steroid dienone is 2. The van der Waals surface area contributed by atoms with Gasteiger partial charge in [0.15, 0.2) is 5.82 Å². The highest BCUT2D eigenvalue weighted by Crippen LogP contribution is 2.54. The predicted molar refractivity (Wildman–Crippen MR) is 168 cm³/mol. The maximum absolute atomic E-state index is 12.0. The van der Waals surface area contributed by atoms with E-state index in [0.717, 1.165) is 100 Å². The number of aliphatic hydroxyl groups is 1. The van der Waals surface area contributed by atoms with Crippen molar-refractivity contribution in [1.82, 2.24) is 20.2 Å². The number of ether oxygens (including phenoxy) is 1. The van der Waals surface area contributed by atoms with Crippen molar-refractivity contribution < 1.29 is 9.84 Å². The third-order valence-electron chi connectivity index (χ3n) is 10.6. The number of aryl methyl sites for hydroxylation is 1. The van der Waals surface area contributed by atoms with Crippen LogP contribution in [0, 0.1) is 16.7 Å². The summed E-state index contributed by atoms with van der Waals surface area (Å²) in [6.07, 6.45) is 9.10. The summed E-state index contributed by atoms with van der Waals surface area (Å²) in [5, 5.41) is 35.6. The molecule has 0 radical (unpaired) electrons. The van der Waals surface area contributed by atoms with E-state index in [2.05, 4.69) is 35.2 Å². The van der Waals surface area contributed by atoms with Gasteiger partial charge in [-0.3, -0.25) is 10.3 Å². The number of nitrogens with two attached hydrogens (primary N) is 1. The van der Waals surface area contributed by atoms with E-state index < -0.39 is 5.41 Å². The van der Waals surface area contributed by atoms with Gasteiger partial charge in [-0.2, -0.15) is 10.2 Å². The van der Waals surface area contributed by atoms with Crippen molar-refractivity contribution in [2.24, 2.45) is 0 Å². The first-order chi connectivity index (χ1) is 20.7. The fraction of sp³-hybridized carbons (Fsp3) is 0.625. The SMILES string of the molecule is C[C@H](Oc1cc(N2CCNC3(CC3)C2)nc(C(=N)C2=C(O)[C@@]3(CCC2)CCCc2sc(N)c(C#N)c23)n1)[C@@H]1CCCN1C. The minimum absolute atomic E-state index is 0.0604. The molecular weight excluding hydrogens is 560 g/mol. The number of fused-ring (bicyclic) bond motifs is 2. The Kier molecular flexibility index (Phi) is 7.14. The van der Waals surface area contributed by atoms with E-state index in [-0.39, 0.29) is 28.9 Å². The summed E-state index contributed by atoms with van der Waals surface area (Å²) in [4.78, 5) is 15.5. The number of piperazine rings is 1. The minimum Gasteiger partial charge on any atom is -0.511 e. The zero-order valence-electron chi connectivity index (χ0n) is 25.2. The number of thiophene rings is 1. The summed E-state index contributed by atoms with van der Waals surface area (Å²) in [5.74, 6) is 1.72. The lowest BCUT2D eigenvalue weighted by molar-refractivity contribution is 0.117. The highest BCUT2D eigenvalue weighted by Gasteiger charge is 2.48. The Bertz CT molecular complexity index is 1520. The van der Waals surface area contributed by atoms with Crippen molar-refractivity contribution in [3.8, 4) is 11.9 Å². The molecule has 3 aliphatic carbocycles. The number of nitrogens with one attached hydrogen (secondary N) is 2. The Balaban J connectivity index is 1.27. The van der Waals surface area contributed by atoms with Crippen molar-refractivity contribution in [3.05, 3.63) is 39.2 Å². The summed E-state index contributed by atoms with van der Waals surface area (Å²) < 4.78 is 6.50. The molecule has 0 bridgehead atoms. The third kappa shape index (κ3) is 4.88. The summed E-state index contributed by atoms with van der Waals surface area (Å²) in [7, 11) is 2.14. The zero-order valence-corrected chi connectivity index (χ0v) is 26.0. The van der Waals surface area contributed by atoms with E-state index in [9.17, 15) is 15.8 Å². The zero-order chi connectivity index (χ0) is 29.9. The van der Waals surface area contributed by atoms with E-state index >= 15 is 0 Å². The summed E-state index contributed by atoms with van der Waals surface area (Å²) >= 11 is 1.47. The molecule has 1 saturated carbocycles. The molecular formula is C32H42N8O2S. The molecule has 5 N–H and O–H groups in total. The van der Waals surface area contributed by atoms with Crippen molar-refractivity contribution >= 4 is 27.9 Å². The highest BCUT2D eigenvalue weighted by molar-refractivity contribution is 7.16. The number of nitrogen functional groups attached to an aromatic ring is 1. The average molecular weight is 603 g/mol. The van der Waals surface area contributed by atoms with Crippen LogP contribution in [0.5, 0.6) is 5.88 Å². The quantitative estimate of drug-likeness (QED) is 0.353. The molecule has 43 heavy (non-hydrogen) atoms. The molecule has 4 heterocycles. The Hall–Kier alpha value is -3.20. The lowest BCUT2D eigenvalue weighted by Gasteiger charge is -2.41. The van der Waals surface area contributed by atoms with Crippen LogP contribution in [0.3, 0.4) is 0 Å². The first-order valence-electron chi connectivity index (χ1n) is 15.8. The molecule has 2 aromatic heterocycles. The lowest BCUT2D eigenvalue weighted by atomic mass is 9.63. The molecule has 0 aromatic carbocycles. The number of aliphatic hydroxyl groups excluding tert-OH is 1. The number of nitrogens with zero attached hydrogens (tertiary/aromatic N) is 5. The maximum atomic E-state index is 12.0. The summed E-state index contributed by atoms with van der Waals surface area (Å²) in [6, 6.07) is 4.57. The van der Waals surface area contributed by atoms with Gasteiger partial charge in [-0.05, 0) is 90.3 Å². The summed E-state index contributed by atoms with van der Waals surface area (Å²) in [5.41, 5.74) is 7.83. The first-order valence-corrected chi connectivity index (χ1v) is 16.6. The fourth-order valence-electron chi connectivity index (χ4n) is 8.11. The molecule has 228 valence electrons.